The van der Waals surface area contributed by atoms with Crippen molar-refractivity contribution in [2.24, 2.45) is 0 Å². The number of ether oxygens (including phenoxy) is 1. The number of anilines is 1. The topological polar surface area (TPSA) is 44.8 Å². The van der Waals surface area contributed by atoms with E-state index >= 15 is 0 Å². The fourth-order valence-electron chi connectivity index (χ4n) is 3.18. The predicted octanol–water partition coefficient (Wildman–Crippen LogP) is 4.46. The van der Waals surface area contributed by atoms with Gasteiger partial charge in [0.15, 0.2) is 5.11 Å². The van der Waals surface area contributed by atoms with Crippen molar-refractivity contribution < 1.29 is 9.53 Å². The molecule has 0 radical (unpaired) electrons. The molecule has 2 aromatic rings. The fraction of sp³-hybridized carbons (Fsp3) is 0.364. The highest BCUT2D eigenvalue weighted by Gasteiger charge is 2.22. The molecule has 0 bridgehead atoms. The van der Waals surface area contributed by atoms with Gasteiger partial charge in [0.05, 0.1) is 12.2 Å². The van der Waals surface area contributed by atoms with E-state index in [2.05, 4.69) is 45.2 Å². The summed E-state index contributed by atoms with van der Waals surface area (Å²) in [6.45, 7) is 5.96. The quantitative estimate of drug-likeness (QED) is 0.493. The van der Waals surface area contributed by atoms with Crippen LogP contribution in [0.4, 0.5) is 5.69 Å². The average molecular weight is 476 g/mol. The van der Waals surface area contributed by atoms with E-state index in [9.17, 15) is 4.79 Å². The van der Waals surface area contributed by atoms with Crippen LogP contribution in [0.25, 0.3) is 0 Å². The first-order valence-electron chi connectivity index (χ1n) is 9.91. The van der Waals surface area contributed by atoms with Crippen molar-refractivity contribution in [1.29, 1.82) is 0 Å². The monoisotopic (exact) mass is 475 g/mol. The molecular weight excluding hydrogens is 450 g/mol. The molecule has 2 aromatic carbocycles. The number of para-hydroxylation sites is 1. The Hall–Kier alpha value is -2.12. The lowest BCUT2D eigenvalue weighted by molar-refractivity contribution is 0.0969. The third-order valence-electron chi connectivity index (χ3n) is 4.85. The van der Waals surface area contributed by atoms with E-state index in [1.165, 1.54) is 5.69 Å². The lowest BCUT2D eigenvalue weighted by Gasteiger charge is -2.37. The summed E-state index contributed by atoms with van der Waals surface area (Å²) in [5.41, 5.74) is 1.70. The summed E-state index contributed by atoms with van der Waals surface area (Å²) in [6, 6.07) is 15.8. The van der Waals surface area contributed by atoms with Gasteiger partial charge in [-0.2, -0.15) is 0 Å². The molecule has 0 spiro atoms. The Morgan fingerprint density at radius 3 is 2.55 bits per heavy atom. The highest BCUT2D eigenvalue weighted by atomic mass is 79.9. The zero-order valence-electron chi connectivity index (χ0n) is 16.6. The summed E-state index contributed by atoms with van der Waals surface area (Å²) >= 11 is 8.94. The van der Waals surface area contributed by atoms with Gasteiger partial charge in [0.25, 0.3) is 5.91 Å². The van der Waals surface area contributed by atoms with Gasteiger partial charge in [0.1, 0.15) is 5.75 Å². The van der Waals surface area contributed by atoms with Gasteiger partial charge in [-0.25, -0.2) is 0 Å². The molecule has 154 valence electrons. The Kier molecular flexibility index (Phi) is 7.89. The molecule has 0 aliphatic carbocycles. The molecule has 1 heterocycles. The van der Waals surface area contributed by atoms with Gasteiger partial charge in [-0.3, -0.25) is 10.1 Å². The molecule has 7 heteroatoms. The van der Waals surface area contributed by atoms with E-state index < -0.39 is 0 Å². The Labute approximate surface area is 186 Å². The number of rotatable bonds is 6. The number of carbonyl (C=O) groups is 1. The molecule has 1 aliphatic rings. The summed E-state index contributed by atoms with van der Waals surface area (Å²) in [5.74, 6) is 0.337. The molecule has 1 fully saturated rings. The number of carbonyl (C=O) groups excluding carboxylic acids is 1. The van der Waals surface area contributed by atoms with E-state index in [-0.39, 0.29) is 5.91 Å². The van der Waals surface area contributed by atoms with Crippen LogP contribution in [0.1, 0.15) is 30.1 Å². The number of thiocarbonyl (C=S) groups is 1. The van der Waals surface area contributed by atoms with Crippen LogP contribution in [0, 0.1) is 0 Å². The number of unbranched alkanes of at least 4 members (excludes halogenated alkanes) is 1. The van der Waals surface area contributed by atoms with E-state index in [1.54, 1.807) is 6.07 Å². The molecule has 0 atom stereocenters. The minimum Gasteiger partial charge on any atom is -0.493 e. The second kappa shape index (κ2) is 10.6. The third kappa shape index (κ3) is 5.93. The van der Waals surface area contributed by atoms with Crippen LogP contribution in [-0.4, -0.2) is 48.7 Å². The second-order valence-corrected chi connectivity index (χ2v) is 8.21. The maximum Gasteiger partial charge on any atom is 0.261 e. The molecule has 5 nitrogen and oxygen atoms in total. The lowest BCUT2D eigenvalue weighted by Crippen LogP contribution is -2.52. The van der Waals surface area contributed by atoms with Crippen molar-refractivity contribution in [1.82, 2.24) is 10.2 Å². The molecular formula is C22H26BrN3O2S. The number of amides is 1. The predicted molar refractivity (Wildman–Crippen MR) is 125 cm³/mol. The van der Waals surface area contributed by atoms with Gasteiger partial charge in [0, 0.05) is 36.3 Å². The summed E-state index contributed by atoms with van der Waals surface area (Å²) in [7, 11) is 0. The molecule has 0 saturated carbocycles. The van der Waals surface area contributed by atoms with Crippen LogP contribution < -0.4 is 15.0 Å². The largest absolute Gasteiger partial charge is 0.493 e. The van der Waals surface area contributed by atoms with Crippen molar-refractivity contribution in [2.75, 3.05) is 37.7 Å². The summed E-state index contributed by atoms with van der Waals surface area (Å²) < 4.78 is 6.63. The Balaban J connectivity index is 1.58. The zero-order chi connectivity index (χ0) is 20.6. The van der Waals surface area contributed by atoms with E-state index in [1.807, 2.05) is 35.2 Å². The smallest absolute Gasteiger partial charge is 0.261 e. The summed E-state index contributed by atoms with van der Waals surface area (Å²) in [6.07, 6.45) is 1.98. The van der Waals surface area contributed by atoms with Gasteiger partial charge in [-0.05, 0) is 49.0 Å². The molecule has 29 heavy (non-hydrogen) atoms. The second-order valence-electron chi connectivity index (χ2n) is 6.91. The van der Waals surface area contributed by atoms with Crippen LogP contribution in [-0.2, 0) is 0 Å². The lowest BCUT2D eigenvalue weighted by atomic mass is 10.2. The van der Waals surface area contributed by atoms with Crippen LogP contribution in [0.3, 0.4) is 0 Å². The molecule has 3 rings (SSSR count). The Morgan fingerprint density at radius 1 is 1.14 bits per heavy atom. The molecule has 1 aliphatic heterocycles. The van der Waals surface area contributed by atoms with Crippen molar-refractivity contribution in [3.8, 4) is 5.75 Å². The molecule has 1 amide bonds. The van der Waals surface area contributed by atoms with Crippen LogP contribution in [0.2, 0.25) is 0 Å². The molecule has 0 unspecified atom stereocenters. The molecule has 1 saturated heterocycles. The summed E-state index contributed by atoms with van der Waals surface area (Å²) in [4.78, 5) is 17.2. The van der Waals surface area contributed by atoms with Crippen molar-refractivity contribution in [3.05, 3.63) is 58.6 Å². The Bertz CT molecular complexity index is 839. The number of halogens is 1. The fourth-order valence-corrected chi connectivity index (χ4v) is 3.82. The highest BCUT2D eigenvalue weighted by molar-refractivity contribution is 9.10. The number of hydrogen-bond donors (Lipinski definition) is 1. The number of hydrogen-bond acceptors (Lipinski definition) is 4. The van der Waals surface area contributed by atoms with E-state index in [4.69, 9.17) is 17.0 Å². The molecule has 0 aromatic heterocycles. The van der Waals surface area contributed by atoms with Crippen LogP contribution in [0.5, 0.6) is 5.75 Å². The van der Waals surface area contributed by atoms with Crippen LogP contribution in [0.15, 0.2) is 53.0 Å². The van der Waals surface area contributed by atoms with Gasteiger partial charge in [-0.15, -0.1) is 0 Å². The zero-order valence-corrected chi connectivity index (χ0v) is 19.0. The van der Waals surface area contributed by atoms with Crippen molar-refractivity contribution in [2.45, 2.75) is 19.8 Å². The van der Waals surface area contributed by atoms with E-state index in [0.717, 1.165) is 43.5 Å². The first kappa shape index (κ1) is 21.6. The van der Waals surface area contributed by atoms with E-state index in [0.29, 0.717) is 23.0 Å². The minimum atomic E-state index is -0.242. The molecule has 1 N–H and O–H groups in total. The Morgan fingerprint density at radius 2 is 1.86 bits per heavy atom. The highest BCUT2D eigenvalue weighted by Crippen LogP contribution is 2.24. The van der Waals surface area contributed by atoms with Crippen molar-refractivity contribution >= 4 is 44.9 Å². The number of benzene rings is 2. The number of nitrogens with zero attached hydrogens (tertiary/aromatic N) is 2. The van der Waals surface area contributed by atoms with Gasteiger partial charge < -0.3 is 14.5 Å². The first-order valence-corrected chi connectivity index (χ1v) is 11.1. The van der Waals surface area contributed by atoms with Crippen LogP contribution >= 0.6 is 28.1 Å². The minimum absolute atomic E-state index is 0.242. The average Bonchev–Trinajstić information content (AvgIpc) is 2.75. The SMILES string of the molecule is CCCCOc1ccc(Br)cc1C(=O)NC(=S)N1CCN(c2ccccc2)CC1. The normalized spacial score (nSPS) is 13.9. The van der Waals surface area contributed by atoms with Gasteiger partial charge >= 0.3 is 0 Å². The maximum atomic E-state index is 12.9. The van der Waals surface area contributed by atoms with Crippen molar-refractivity contribution in [3.63, 3.8) is 0 Å². The van der Waals surface area contributed by atoms with Gasteiger partial charge in [0.2, 0.25) is 0 Å². The van der Waals surface area contributed by atoms with Gasteiger partial charge in [-0.1, -0.05) is 47.5 Å². The third-order valence-corrected chi connectivity index (χ3v) is 5.70. The number of nitrogens with one attached hydrogen (secondary N) is 1. The first-order chi connectivity index (χ1) is 14.1. The maximum absolute atomic E-state index is 12.9. The number of piperazine rings is 1. The standard InChI is InChI=1S/C22H26BrN3O2S/c1-2-3-15-28-20-10-9-17(23)16-19(20)21(27)24-22(29)26-13-11-25(12-14-26)18-7-5-4-6-8-18/h4-10,16H,2-3,11-15H2,1H3,(H,24,27,29). The summed E-state index contributed by atoms with van der Waals surface area (Å²) in [5, 5.41) is 3.34.